The molecule has 27 heavy (non-hydrogen) atoms. The van der Waals surface area contributed by atoms with Crippen molar-refractivity contribution >= 4 is 34.7 Å². The van der Waals surface area contributed by atoms with E-state index in [0.717, 1.165) is 10.9 Å². The van der Waals surface area contributed by atoms with Gasteiger partial charge in [-0.3, -0.25) is 4.79 Å². The van der Waals surface area contributed by atoms with Crippen LogP contribution in [-0.2, 0) is 14.3 Å². The van der Waals surface area contributed by atoms with Crippen LogP contribution in [0.25, 0.3) is 17.1 Å². The molecule has 4 heterocycles. The summed E-state index contributed by atoms with van der Waals surface area (Å²) in [4.78, 5) is 35.5. The number of aromatic nitrogens is 3. The molecule has 0 amide bonds. The first-order chi connectivity index (χ1) is 13.0. The monoisotopic (exact) mass is 362 g/mol. The first-order valence-corrected chi connectivity index (χ1v) is 8.07. The Kier molecular flexibility index (Phi) is 3.92. The molecule has 3 aromatic heterocycles. The molecule has 3 aromatic rings. The van der Waals surface area contributed by atoms with Gasteiger partial charge < -0.3 is 20.1 Å². The number of ketones is 1. The number of ether oxygens (including phenoxy) is 1. The minimum Gasteiger partial charge on any atom is -0.477 e. The lowest BCUT2D eigenvalue weighted by molar-refractivity contribution is -0.134. The Hall–Kier alpha value is -3.94. The number of pyridine rings is 2. The molecule has 0 spiro atoms. The van der Waals surface area contributed by atoms with Gasteiger partial charge in [0.2, 0.25) is 11.7 Å². The molecule has 0 saturated carbocycles. The molecule has 0 aliphatic carbocycles. The van der Waals surface area contributed by atoms with Gasteiger partial charge in [0.1, 0.15) is 11.5 Å². The van der Waals surface area contributed by atoms with Crippen LogP contribution in [-0.4, -0.2) is 31.8 Å². The lowest BCUT2D eigenvalue weighted by Gasteiger charge is -2.09. The second-order valence-corrected chi connectivity index (χ2v) is 5.89. The van der Waals surface area contributed by atoms with Gasteiger partial charge in [-0.2, -0.15) is 0 Å². The fraction of sp³-hybridized carbons (Fsp3) is 0.0526. The zero-order valence-electron chi connectivity index (χ0n) is 14.2. The zero-order valence-corrected chi connectivity index (χ0v) is 14.2. The largest absolute Gasteiger partial charge is 0.477 e. The standard InChI is InChI=1S/C19H14N4O4/c1-10-4-2-6-20-16(10)23-18-14(19(25)26)15(24)13(27-18)8-11-9-22-17-12(11)5-3-7-21-17/h2-9H,1H3,(H,20,23)(H,21,22)(H,25,26). The van der Waals surface area contributed by atoms with E-state index in [0.29, 0.717) is 17.0 Å². The summed E-state index contributed by atoms with van der Waals surface area (Å²) >= 11 is 0. The van der Waals surface area contributed by atoms with Crippen molar-refractivity contribution in [1.82, 2.24) is 15.0 Å². The van der Waals surface area contributed by atoms with E-state index in [1.165, 1.54) is 6.08 Å². The Morgan fingerprint density at radius 2 is 2.04 bits per heavy atom. The number of nitrogens with one attached hydrogen (secondary N) is 2. The van der Waals surface area contributed by atoms with Gasteiger partial charge in [0, 0.05) is 29.5 Å². The number of rotatable bonds is 4. The molecular weight excluding hydrogens is 348 g/mol. The van der Waals surface area contributed by atoms with Crippen molar-refractivity contribution in [3.63, 3.8) is 0 Å². The second kappa shape index (κ2) is 6.41. The lowest BCUT2D eigenvalue weighted by atomic mass is 10.1. The predicted octanol–water partition coefficient (Wildman–Crippen LogP) is 2.61. The van der Waals surface area contributed by atoms with E-state index in [9.17, 15) is 14.7 Å². The summed E-state index contributed by atoms with van der Waals surface area (Å²) in [7, 11) is 0. The maximum Gasteiger partial charge on any atom is 0.345 e. The average molecular weight is 362 g/mol. The van der Waals surface area contributed by atoms with E-state index in [2.05, 4.69) is 20.3 Å². The van der Waals surface area contributed by atoms with Gasteiger partial charge in [-0.05, 0) is 36.8 Å². The Morgan fingerprint density at radius 1 is 1.26 bits per heavy atom. The molecule has 1 aliphatic heterocycles. The fourth-order valence-electron chi connectivity index (χ4n) is 2.77. The van der Waals surface area contributed by atoms with Crippen LogP contribution in [0, 0.1) is 6.92 Å². The normalized spacial score (nSPS) is 15.4. The number of hydrogen-bond acceptors (Lipinski definition) is 6. The number of aromatic amines is 1. The number of H-pyrrole nitrogens is 1. The zero-order chi connectivity index (χ0) is 19.0. The third-order valence-corrected chi connectivity index (χ3v) is 4.11. The summed E-state index contributed by atoms with van der Waals surface area (Å²) in [6.45, 7) is 1.81. The van der Waals surface area contributed by atoms with Crippen molar-refractivity contribution in [2.45, 2.75) is 6.92 Å². The van der Waals surface area contributed by atoms with E-state index < -0.39 is 17.3 Å². The molecule has 0 bridgehead atoms. The number of allylic oxidation sites excluding steroid dienone is 1. The number of Topliss-reactive ketones (excluding diaryl/α,β-unsaturated/α-hetero) is 1. The van der Waals surface area contributed by atoms with Crippen LogP contribution in [0.15, 0.2) is 60.1 Å². The number of anilines is 1. The third kappa shape index (κ3) is 2.93. The SMILES string of the molecule is Cc1cccnc1NC1=C(C(=O)O)C(=O)C(=Cc2c[nH]c3ncccc23)O1. The number of aryl methyl sites for hydroxylation is 1. The Labute approximate surface area is 153 Å². The minimum atomic E-state index is -1.37. The van der Waals surface area contributed by atoms with E-state index in [1.807, 2.05) is 19.1 Å². The molecular formula is C19H14N4O4. The summed E-state index contributed by atoms with van der Waals surface area (Å²) in [6.07, 6.45) is 6.37. The van der Waals surface area contributed by atoms with Gasteiger partial charge in [0.05, 0.1) is 0 Å². The van der Waals surface area contributed by atoms with Gasteiger partial charge in [0.15, 0.2) is 11.3 Å². The Balaban J connectivity index is 1.71. The van der Waals surface area contributed by atoms with Crippen molar-refractivity contribution in [2.75, 3.05) is 5.32 Å². The van der Waals surface area contributed by atoms with Crippen LogP contribution in [0.2, 0.25) is 0 Å². The minimum absolute atomic E-state index is 0.0896. The van der Waals surface area contributed by atoms with E-state index >= 15 is 0 Å². The highest BCUT2D eigenvalue weighted by Crippen LogP contribution is 2.29. The Morgan fingerprint density at radius 3 is 2.81 bits per heavy atom. The molecule has 3 N–H and O–H groups in total. The van der Waals surface area contributed by atoms with Gasteiger partial charge in [-0.25, -0.2) is 14.8 Å². The molecule has 8 nitrogen and oxygen atoms in total. The smallest absolute Gasteiger partial charge is 0.345 e. The van der Waals surface area contributed by atoms with Gasteiger partial charge in [0.25, 0.3) is 0 Å². The van der Waals surface area contributed by atoms with Gasteiger partial charge in [-0.1, -0.05) is 6.07 Å². The second-order valence-electron chi connectivity index (χ2n) is 5.89. The topological polar surface area (TPSA) is 117 Å². The van der Waals surface area contributed by atoms with Gasteiger partial charge in [-0.15, -0.1) is 0 Å². The van der Waals surface area contributed by atoms with Crippen molar-refractivity contribution in [1.29, 1.82) is 0 Å². The van der Waals surface area contributed by atoms with Crippen molar-refractivity contribution in [3.05, 3.63) is 71.2 Å². The highest BCUT2D eigenvalue weighted by atomic mass is 16.5. The summed E-state index contributed by atoms with van der Waals surface area (Å²) < 4.78 is 5.55. The first-order valence-electron chi connectivity index (χ1n) is 8.07. The number of fused-ring (bicyclic) bond motifs is 1. The van der Waals surface area contributed by atoms with Crippen LogP contribution >= 0.6 is 0 Å². The van der Waals surface area contributed by atoms with Crippen LogP contribution in [0.1, 0.15) is 11.1 Å². The number of nitrogens with zero attached hydrogens (tertiary/aromatic N) is 2. The lowest BCUT2D eigenvalue weighted by Crippen LogP contribution is -2.12. The van der Waals surface area contributed by atoms with Crippen molar-refractivity contribution in [3.8, 4) is 0 Å². The Bertz CT molecular complexity index is 1140. The quantitative estimate of drug-likeness (QED) is 0.482. The predicted molar refractivity (Wildman–Crippen MR) is 97.4 cm³/mol. The van der Waals surface area contributed by atoms with Gasteiger partial charge >= 0.3 is 5.97 Å². The van der Waals surface area contributed by atoms with E-state index in [-0.39, 0.29) is 11.6 Å². The molecule has 8 heteroatoms. The molecule has 134 valence electrons. The van der Waals surface area contributed by atoms with Crippen LogP contribution in [0.4, 0.5) is 5.82 Å². The average Bonchev–Trinajstić information content (AvgIpc) is 3.19. The molecule has 1 aliphatic rings. The third-order valence-electron chi connectivity index (χ3n) is 4.11. The number of carbonyl (C=O) groups is 2. The number of hydrogen-bond donors (Lipinski definition) is 3. The highest BCUT2D eigenvalue weighted by Gasteiger charge is 2.36. The summed E-state index contributed by atoms with van der Waals surface area (Å²) in [5.41, 5.74) is 1.64. The molecule has 0 saturated heterocycles. The first kappa shape index (κ1) is 16.5. The van der Waals surface area contributed by atoms with Crippen LogP contribution in [0.5, 0.6) is 0 Å². The fourth-order valence-corrected chi connectivity index (χ4v) is 2.77. The summed E-state index contributed by atoms with van der Waals surface area (Å²) in [5.74, 6) is -1.92. The number of carboxylic acids is 1. The maximum atomic E-state index is 12.6. The molecule has 0 atom stereocenters. The number of carbonyl (C=O) groups excluding carboxylic acids is 1. The molecule has 0 aromatic carbocycles. The number of carboxylic acid groups (broad SMARTS) is 1. The molecule has 4 rings (SSSR count). The van der Waals surface area contributed by atoms with E-state index in [1.54, 1.807) is 30.7 Å². The molecule has 0 radical (unpaired) electrons. The summed E-state index contributed by atoms with van der Waals surface area (Å²) in [5, 5.41) is 13.0. The van der Waals surface area contributed by atoms with E-state index in [4.69, 9.17) is 4.74 Å². The molecule has 0 unspecified atom stereocenters. The highest BCUT2D eigenvalue weighted by molar-refractivity contribution is 6.26. The number of aliphatic carboxylic acids is 1. The van der Waals surface area contributed by atoms with Crippen molar-refractivity contribution < 1.29 is 19.4 Å². The summed E-state index contributed by atoms with van der Waals surface area (Å²) in [6, 6.07) is 7.17. The molecule has 0 fully saturated rings. The van der Waals surface area contributed by atoms with Crippen LogP contribution in [0.3, 0.4) is 0 Å². The van der Waals surface area contributed by atoms with Crippen LogP contribution < -0.4 is 5.32 Å². The maximum absolute atomic E-state index is 12.6. The van der Waals surface area contributed by atoms with Crippen molar-refractivity contribution in [2.24, 2.45) is 0 Å².